The van der Waals surface area contributed by atoms with Crippen LogP contribution in [0.15, 0.2) is 30.6 Å². The zero-order valence-electron chi connectivity index (χ0n) is 18.5. The van der Waals surface area contributed by atoms with E-state index in [1.807, 2.05) is 30.6 Å². The van der Waals surface area contributed by atoms with Gasteiger partial charge in [0.15, 0.2) is 0 Å². The molecule has 1 aliphatic heterocycles. The molecule has 4 fully saturated rings. The third-order valence-electron chi connectivity index (χ3n) is 7.09. The maximum Gasteiger partial charge on any atom is 0.270 e. The number of hydrogen-bond donors (Lipinski definition) is 2. The fourth-order valence-electron chi connectivity index (χ4n) is 5.29. The molecule has 0 radical (unpaired) electrons. The van der Waals surface area contributed by atoms with Gasteiger partial charge < -0.3 is 25.0 Å². The van der Waals surface area contributed by atoms with E-state index in [0.29, 0.717) is 11.6 Å². The normalized spacial score (nSPS) is 24.1. The monoisotopic (exact) mass is 432 g/mol. The van der Waals surface area contributed by atoms with E-state index in [1.165, 1.54) is 0 Å². The second kappa shape index (κ2) is 7.16. The number of carbonyl (C=O) groups excluding carboxylic acids is 1. The third-order valence-corrected chi connectivity index (χ3v) is 7.09. The van der Waals surface area contributed by atoms with Gasteiger partial charge in [-0.25, -0.2) is 9.97 Å². The van der Waals surface area contributed by atoms with Crippen molar-refractivity contribution in [1.82, 2.24) is 29.7 Å². The Bertz CT molecular complexity index is 1160. The highest BCUT2D eigenvalue weighted by atomic mass is 16.2. The predicted octanol–water partition coefficient (Wildman–Crippen LogP) is 2.19. The maximum atomic E-state index is 12.9. The van der Waals surface area contributed by atoms with Crippen LogP contribution in [0.25, 0.3) is 11.0 Å². The molecule has 2 bridgehead atoms. The van der Waals surface area contributed by atoms with Crippen molar-refractivity contribution in [2.75, 3.05) is 50.5 Å². The summed E-state index contributed by atoms with van der Waals surface area (Å²) in [6, 6.07) is 5.98. The second-order valence-corrected chi connectivity index (χ2v) is 9.51. The standard InChI is InChI=1S/C23H28N8O/c1-29(2)21(32)18-9-16-13-26-22(28-20(16)31(18)23-10-15(11-23)12-23)27-17-3-4-19(25-14-17)30-7-5-24-6-8-30/h3-4,9,13-15,24H,5-8,10-12H2,1-2H3,(H,26,27,28). The first-order chi connectivity index (χ1) is 15.5. The Kier molecular flexibility index (Phi) is 4.36. The molecule has 1 amide bonds. The molecule has 32 heavy (non-hydrogen) atoms. The molecule has 3 aromatic rings. The Morgan fingerprint density at radius 3 is 2.56 bits per heavy atom. The van der Waals surface area contributed by atoms with E-state index in [1.54, 1.807) is 19.0 Å². The number of amides is 1. The van der Waals surface area contributed by atoms with Gasteiger partial charge in [0.2, 0.25) is 5.95 Å². The zero-order chi connectivity index (χ0) is 21.9. The minimum atomic E-state index is 0.00920. The van der Waals surface area contributed by atoms with Gasteiger partial charge >= 0.3 is 0 Å². The van der Waals surface area contributed by atoms with E-state index in [-0.39, 0.29) is 11.4 Å². The first-order valence-electron chi connectivity index (χ1n) is 11.3. The van der Waals surface area contributed by atoms with Crippen LogP contribution in [-0.2, 0) is 5.54 Å². The van der Waals surface area contributed by atoms with Crippen LogP contribution in [0.1, 0.15) is 29.8 Å². The highest BCUT2D eigenvalue weighted by Gasteiger charge is 2.59. The lowest BCUT2D eigenvalue weighted by Gasteiger charge is -2.62. The van der Waals surface area contributed by atoms with Crippen molar-refractivity contribution in [3.05, 3.63) is 36.3 Å². The molecule has 3 saturated carbocycles. The highest BCUT2D eigenvalue weighted by molar-refractivity contribution is 5.98. The average molecular weight is 433 g/mol. The molecular formula is C23H28N8O. The van der Waals surface area contributed by atoms with Crippen molar-refractivity contribution in [3.63, 3.8) is 0 Å². The van der Waals surface area contributed by atoms with Crippen LogP contribution in [0.2, 0.25) is 0 Å². The largest absolute Gasteiger partial charge is 0.354 e. The van der Waals surface area contributed by atoms with Crippen LogP contribution in [0.3, 0.4) is 0 Å². The average Bonchev–Trinajstić information content (AvgIpc) is 3.11. The fraction of sp³-hybridized carbons (Fsp3) is 0.478. The first kappa shape index (κ1) is 19.5. The first-order valence-corrected chi connectivity index (χ1v) is 11.3. The van der Waals surface area contributed by atoms with Crippen LogP contribution < -0.4 is 15.5 Å². The van der Waals surface area contributed by atoms with Crippen molar-refractivity contribution in [1.29, 1.82) is 0 Å². The summed E-state index contributed by atoms with van der Waals surface area (Å²) in [7, 11) is 3.59. The maximum absolute atomic E-state index is 12.9. The topological polar surface area (TPSA) is 91.2 Å². The van der Waals surface area contributed by atoms with Gasteiger partial charge in [-0.15, -0.1) is 0 Å². The molecule has 4 aliphatic rings. The lowest BCUT2D eigenvalue weighted by molar-refractivity contribution is -0.0870. The van der Waals surface area contributed by atoms with Crippen molar-refractivity contribution in [3.8, 4) is 0 Å². The molecule has 0 spiro atoms. The molecule has 0 aromatic carbocycles. The molecule has 166 valence electrons. The Morgan fingerprint density at radius 1 is 1.16 bits per heavy atom. The number of aromatic nitrogens is 4. The summed E-state index contributed by atoms with van der Waals surface area (Å²) >= 11 is 0. The van der Waals surface area contributed by atoms with E-state index in [9.17, 15) is 4.79 Å². The Balaban J connectivity index is 1.31. The van der Waals surface area contributed by atoms with Crippen LogP contribution >= 0.6 is 0 Å². The number of rotatable bonds is 5. The van der Waals surface area contributed by atoms with Crippen molar-refractivity contribution < 1.29 is 4.79 Å². The summed E-state index contributed by atoms with van der Waals surface area (Å²) in [5.41, 5.74) is 2.43. The van der Waals surface area contributed by atoms with Gasteiger partial charge in [-0.2, -0.15) is 4.98 Å². The minimum Gasteiger partial charge on any atom is -0.354 e. The van der Waals surface area contributed by atoms with Crippen LogP contribution in [0.5, 0.6) is 0 Å². The summed E-state index contributed by atoms with van der Waals surface area (Å²) in [6.45, 7) is 3.89. The molecule has 9 heteroatoms. The quantitative estimate of drug-likeness (QED) is 0.639. The van der Waals surface area contributed by atoms with Gasteiger partial charge in [0.1, 0.15) is 17.2 Å². The third kappa shape index (κ3) is 3.02. The lowest BCUT2D eigenvalue weighted by Crippen LogP contribution is -2.60. The lowest BCUT2D eigenvalue weighted by atomic mass is 9.49. The number of fused-ring (bicyclic) bond motifs is 1. The summed E-state index contributed by atoms with van der Waals surface area (Å²) in [6.07, 6.45) is 7.03. The fourth-order valence-corrected chi connectivity index (χ4v) is 5.29. The van der Waals surface area contributed by atoms with Gasteiger partial charge in [0, 0.05) is 57.4 Å². The van der Waals surface area contributed by atoms with Gasteiger partial charge in [0.25, 0.3) is 5.91 Å². The number of nitrogens with one attached hydrogen (secondary N) is 2. The Hall–Kier alpha value is -3.20. The van der Waals surface area contributed by atoms with E-state index in [4.69, 9.17) is 4.98 Å². The zero-order valence-corrected chi connectivity index (χ0v) is 18.5. The number of nitrogens with zero attached hydrogens (tertiary/aromatic N) is 6. The van der Waals surface area contributed by atoms with E-state index >= 15 is 0 Å². The van der Waals surface area contributed by atoms with Gasteiger partial charge in [-0.3, -0.25) is 4.79 Å². The number of hydrogen-bond acceptors (Lipinski definition) is 7. The molecule has 2 N–H and O–H groups in total. The molecular weight excluding hydrogens is 404 g/mol. The van der Waals surface area contributed by atoms with Crippen LogP contribution in [0, 0.1) is 5.92 Å². The smallest absolute Gasteiger partial charge is 0.270 e. The summed E-state index contributed by atoms with van der Waals surface area (Å²) in [5, 5.41) is 7.55. The van der Waals surface area contributed by atoms with Crippen LogP contribution in [0.4, 0.5) is 17.5 Å². The van der Waals surface area contributed by atoms with Crippen LogP contribution in [-0.4, -0.2) is 70.6 Å². The van der Waals surface area contributed by atoms with E-state index < -0.39 is 0 Å². The van der Waals surface area contributed by atoms with Crippen molar-refractivity contribution >= 4 is 34.4 Å². The predicted molar refractivity (Wildman–Crippen MR) is 123 cm³/mol. The van der Waals surface area contributed by atoms with Crippen molar-refractivity contribution in [2.45, 2.75) is 24.8 Å². The summed E-state index contributed by atoms with van der Waals surface area (Å²) in [4.78, 5) is 30.8. The second-order valence-electron chi connectivity index (χ2n) is 9.51. The number of pyridine rings is 1. The Morgan fingerprint density at radius 2 is 1.94 bits per heavy atom. The molecule has 7 rings (SSSR count). The summed E-state index contributed by atoms with van der Waals surface area (Å²) < 4.78 is 2.18. The molecule has 3 aromatic heterocycles. The molecule has 0 unspecified atom stereocenters. The molecule has 9 nitrogen and oxygen atoms in total. The number of anilines is 3. The Labute approximate surface area is 186 Å². The SMILES string of the molecule is CN(C)C(=O)c1cc2cnc(Nc3ccc(N4CCNCC4)nc3)nc2n1C12CC(C1)C2. The summed E-state index contributed by atoms with van der Waals surface area (Å²) in [5.74, 6) is 2.31. The van der Waals surface area contributed by atoms with Gasteiger partial charge in [-0.05, 0) is 43.4 Å². The highest BCUT2D eigenvalue weighted by Crippen LogP contribution is 2.63. The number of piperazine rings is 1. The van der Waals surface area contributed by atoms with Gasteiger partial charge in [0.05, 0.1) is 11.9 Å². The van der Waals surface area contributed by atoms with Crippen molar-refractivity contribution in [2.24, 2.45) is 5.92 Å². The molecule has 4 heterocycles. The molecule has 3 aliphatic carbocycles. The molecule has 1 saturated heterocycles. The number of carbonyl (C=O) groups is 1. The van der Waals surface area contributed by atoms with E-state index in [0.717, 1.165) is 73.9 Å². The van der Waals surface area contributed by atoms with E-state index in [2.05, 4.69) is 30.1 Å². The molecule has 0 atom stereocenters. The minimum absolute atomic E-state index is 0.00920. The van der Waals surface area contributed by atoms with Gasteiger partial charge in [-0.1, -0.05) is 0 Å².